The van der Waals surface area contributed by atoms with Crippen molar-refractivity contribution in [3.05, 3.63) is 24.3 Å². The lowest BCUT2D eigenvalue weighted by atomic mass is 10.2. The molecule has 1 saturated heterocycles. The minimum absolute atomic E-state index is 0.0610. The number of hydrogen-bond donors (Lipinski definition) is 1. The predicted molar refractivity (Wildman–Crippen MR) is 92.7 cm³/mol. The van der Waals surface area contributed by atoms with Gasteiger partial charge >= 0.3 is 0 Å². The molecule has 0 spiro atoms. The maximum atomic E-state index is 12.3. The van der Waals surface area contributed by atoms with Crippen LogP contribution in [0.1, 0.15) is 12.8 Å². The van der Waals surface area contributed by atoms with E-state index in [-0.39, 0.29) is 30.5 Å². The highest BCUT2D eigenvalue weighted by molar-refractivity contribution is 5.83. The second kappa shape index (κ2) is 7.74. The summed E-state index contributed by atoms with van der Waals surface area (Å²) in [6, 6.07) is 7.30. The number of likely N-dealkylation sites (N-methyl/N-ethyl adjacent to an activating group) is 1. The van der Waals surface area contributed by atoms with E-state index in [0.717, 1.165) is 25.1 Å². The summed E-state index contributed by atoms with van der Waals surface area (Å²) >= 11 is 0. The second-order valence-corrected chi connectivity index (χ2v) is 6.66. The zero-order chi connectivity index (χ0) is 17.8. The molecule has 1 fully saturated rings. The minimum atomic E-state index is -0.211. The summed E-state index contributed by atoms with van der Waals surface area (Å²) in [5.74, 6) is 1.39. The Labute approximate surface area is 147 Å². The quantitative estimate of drug-likeness (QED) is 0.840. The maximum absolute atomic E-state index is 12.3. The highest BCUT2D eigenvalue weighted by Crippen LogP contribution is 2.30. The number of carbonyl (C=O) groups is 2. The number of ether oxygens (including phenoxy) is 2. The molecule has 0 bridgehead atoms. The zero-order valence-electron chi connectivity index (χ0n) is 14.7. The van der Waals surface area contributed by atoms with Crippen LogP contribution in [0, 0.1) is 0 Å². The normalized spacial score (nSPS) is 22.5. The topological polar surface area (TPSA) is 71.1 Å². The highest BCUT2D eigenvalue weighted by Gasteiger charge is 2.32. The lowest BCUT2D eigenvalue weighted by molar-refractivity contribution is -0.134. The van der Waals surface area contributed by atoms with Crippen LogP contribution in [-0.4, -0.2) is 74.1 Å². The van der Waals surface area contributed by atoms with Crippen molar-refractivity contribution in [2.75, 3.05) is 40.3 Å². The van der Waals surface area contributed by atoms with Crippen molar-refractivity contribution in [3.8, 4) is 11.5 Å². The summed E-state index contributed by atoms with van der Waals surface area (Å²) in [6.07, 6.45) is 1.53. The number of carbonyl (C=O) groups excluding carboxylic acids is 2. The van der Waals surface area contributed by atoms with Gasteiger partial charge in [0.25, 0.3) is 0 Å². The van der Waals surface area contributed by atoms with Gasteiger partial charge in [0, 0.05) is 14.1 Å². The molecule has 2 heterocycles. The molecule has 7 nitrogen and oxygen atoms in total. The van der Waals surface area contributed by atoms with E-state index in [1.54, 1.807) is 19.0 Å². The van der Waals surface area contributed by atoms with Crippen molar-refractivity contribution in [2.45, 2.75) is 25.0 Å². The van der Waals surface area contributed by atoms with E-state index in [0.29, 0.717) is 18.9 Å². The predicted octanol–water partition coefficient (Wildman–Crippen LogP) is 0.495. The van der Waals surface area contributed by atoms with Gasteiger partial charge in [-0.25, -0.2) is 0 Å². The largest absolute Gasteiger partial charge is 0.486 e. The van der Waals surface area contributed by atoms with Crippen LogP contribution in [-0.2, 0) is 9.59 Å². The Bertz CT molecular complexity index is 635. The Hall–Kier alpha value is -2.28. The molecule has 0 aromatic heterocycles. The number of para-hydroxylation sites is 2. The van der Waals surface area contributed by atoms with Gasteiger partial charge < -0.3 is 19.7 Å². The third kappa shape index (κ3) is 4.22. The van der Waals surface area contributed by atoms with Gasteiger partial charge in [0.05, 0.1) is 19.1 Å². The number of rotatable bonds is 5. The van der Waals surface area contributed by atoms with Crippen LogP contribution in [0.4, 0.5) is 0 Å². The zero-order valence-corrected chi connectivity index (χ0v) is 14.7. The average Bonchev–Trinajstić information content (AvgIpc) is 3.07. The Balaban J connectivity index is 1.46. The second-order valence-electron chi connectivity index (χ2n) is 6.66. The van der Waals surface area contributed by atoms with E-state index in [4.69, 9.17) is 9.47 Å². The molecule has 136 valence electrons. The fourth-order valence-corrected chi connectivity index (χ4v) is 3.22. The first-order chi connectivity index (χ1) is 12.0. The summed E-state index contributed by atoms with van der Waals surface area (Å²) in [5, 5.41) is 2.89. The van der Waals surface area contributed by atoms with Crippen molar-refractivity contribution in [1.29, 1.82) is 0 Å². The van der Waals surface area contributed by atoms with Crippen molar-refractivity contribution in [1.82, 2.24) is 15.1 Å². The molecule has 25 heavy (non-hydrogen) atoms. The third-order valence-electron chi connectivity index (χ3n) is 4.53. The number of nitrogens with one attached hydrogen (secondary N) is 1. The Morgan fingerprint density at radius 3 is 2.80 bits per heavy atom. The van der Waals surface area contributed by atoms with Crippen LogP contribution in [0.25, 0.3) is 0 Å². The molecular formula is C18H25N3O4. The van der Waals surface area contributed by atoms with Gasteiger partial charge in [-0.1, -0.05) is 12.1 Å². The molecule has 1 aromatic carbocycles. The van der Waals surface area contributed by atoms with Crippen LogP contribution in [0.5, 0.6) is 11.5 Å². The Kier molecular flexibility index (Phi) is 5.43. The van der Waals surface area contributed by atoms with E-state index in [2.05, 4.69) is 5.32 Å². The molecule has 0 saturated carbocycles. The SMILES string of the molecule is CN(C)C(=O)[C@@H]1CCCN1CC(=O)NC[C@H]1COc2ccccc2O1. The monoisotopic (exact) mass is 347 g/mol. The number of hydrogen-bond acceptors (Lipinski definition) is 5. The van der Waals surface area contributed by atoms with Crippen LogP contribution in [0.2, 0.25) is 0 Å². The van der Waals surface area contributed by atoms with Gasteiger partial charge in [-0.15, -0.1) is 0 Å². The number of fused-ring (bicyclic) bond motifs is 1. The molecule has 1 N–H and O–H groups in total. The molecule has 3 rings (SSSR count). The fourth-order valence-electron chi connectivity index (χ4n) is 3.22. The molecule has 1 aromatic rings. The van der Waals surface area contributed by atoms with Crippen molar-refractivity contribution >= 4 is 11.8 Å². The van der Waals surface area contributed by atoms with Crippen LogP contribution in [0.15, 0.2) is 24.3 Å². The lowest BCUT2D eigenvalue weighted by Crippen LogP contribution is -2.48. The van der Waals surface area contributed by atoms with Gasteiger partial charge in [-0.05, 0) is 31.5 Å². The van der Waals surface area contributed by atoms with Gasteiger partial charge in [-0.2, -0.15) is 0 Å². The first kappa shape index (κ1) is 17.5. The molecule has 2 aliphatic rings. The van der Waals surface area contributed by atoms with Gasteiger partial charge in [0.15, 0.2) is 11.5 Å². The van der Waals surface area contributed by atoms with E-state index < -0.39 is 0 Å². The first-order valence-electron chi connectivity index (χ1n) is 8.65. The number of amides is 2. The summed E-state index contributed by atoms with van der Waals surface area (Å²) in [6.45, 7) is 1.79. The summed E-state index contributed by atoms with van der Waals surface area (Å²) < 4.78 is 11.5. The van der Waals surface area contributed by atoms with Crippen LogP contribution < -0.4 is 14.8 Å². The molecular weight excluding hydrogens is 322 g/mol. The third-order valence-corrected chi connectivity index (χ3v) is 4.53. The standard InChI is InChI=1S/C18H25N3O4/c1-20(2)18(23)14-6-5-9-21(14)11-17(22)19-10-13-12-24-15-7-3-4-8-16(15)25-13/h3-4,7-8,13-14H,5-6,9-12H2,1-2H3,(H,19,22)/t13-,14-/m0/s1. The van der Waals surface area contributed by atoms with Crippen LogP contribution in [0.3, 0.4) is 0 Å². The van der Waals surface area contributed by atoms with E-state index >= 15 is 0 Å². The average molecular weight is 347 g/mol. The molecule has 7 heteroatoms. The minimum Gasteiger partial charge on any atom is -0.486 e. The fraction of sp³-hybridized carbons (Fsp3) is 0.556. The van der Waals surface area contributed by atoms with E-state index in [1.807, 2.05) is 29.2 Å². The molecule has 0 unspecified atom stereocenters. The summed E-state index contributed by atoms with van der Waals surface area (Å²) in [4.78, 5) is 28.0. The summed E-state index contributed by atoms with van der Waals surface area (Å²) in [7, 11) is 3.49. The number of nitrogens with zero attached hydrogens (tertiary/aromatic N) is 2. The van der Waals surface area contributed by atoms with Gasteiger partial charge in [-0.3, -0.25) is 14.5 Å². The lowest BCUT2D eigenvalue weighted by Gasteiger charge is -2.28. The number of benzene rings is 1. The van der Waals surface area contributed by atoms with Gasteiger partial charge in [0.2, 0.25) is 11.8 Å². The highest BCUT2D eigenvalue weighted by atomic mass is 16.6. The Morgan fingerprint density at radius 1 is 1.28 bits per heavy atom. The van der Waals surface area contributed by atoms with Crippen molar-refractivity contribution in [2.24, 2.45) is 0 Å². The van der Waals surface area contributed by atoms with E-state index in [9.17, 15) is 9.59 Å². The molecule has 0 aliphatic carbocycles. The molecule has 2 amide bonds. The smallest absolute Gasteiger partial charge is 0.239 e. The van der Waals surface area contributed by atoms with Crippen molar-refractivity contribution in [3.63, 3.8) is 0 Å². The summed E-state index contributed by atoms with van der Waals surface area (Å²) in [5.41, 5.74) is 0. The molecule has 2 atom stereocenters. The number of likely N-dealkylation sites (tertiary alicyclic amines) is 1. The van der Waals surface area contributed by atoms with E-state index in [1.165, 1.54) is 0 Å². The molecule has 0 radical (unpaired) electrons. The maximum Gasteiger partial charge on any atom is 0.239 e. The van der Waals surface area contributed by atoms with Crippen molar-refractivity contribution < 1.29 is 19.1 Å². The van der Waals surface area contributed by atoms with Gasteiger partial charge in [0.1, 0.15) is 12.7 Å². The Morgan fingerprint density at radius 2 is 2.04 bits per heavy atom. The first-order valence-corrected chi connectivity index (χ1v) is 8.65. The van der Waals surface area contributed by atoms with Crippen LogP contribution >= 0.6 is 0 Å². The molecule has 2 aliphatic heterocycles.